The zero-order valence-corrected chi connectivity index (χ0v) is 11.1. The van der Waals surface area contributed by atoms with E-state index in [-0.39, 0.29) is 11.7 Å². The highest BCUT2D eigenvalue weighted by atomic mass is 16.4. The molecule has 0 atom stereocenters. The second-order valence-electron chi connectivity index (χ2n) is 4.61. The van der Waals surface area contributed by atoms with E-state index in [1.807, 2.05) is 25.1 Å². The Balaban J connectivity index is 2.54. The topological polar surface area (TPSA) is 72.2 Å². The van der Waals surface area contributed by atoms with Crippen molar-refractivity contribution in [2.24, 2.45) is 0 Å². The molecule has 100 valence electrons. The summed E-state index contributed by atoms with van der Waals surface area (Å²) in [6.45, 7) is 3.24. The highest BCUT2D eigenvalue weighted by molar-refractivity contribution is 6.11. The number of carbonyl (C=O) groups excluding carboxylic acids is 1. The molecule has 3 rings (SSSR count). The summed E-state index contributed by atoms with van der Waals surface area (Å²) in [5.74, 6) is -0.0483. The Morgan fingerprint density at radius 1 is 1.25 bits per heavy atom. The summed E-state index contributed by atoms with van der Waals surface area (Å²) < 4.78 is 5.31. The van der Waals surface area contributed by atoms with Crippen LogP contribution in [-0.4, -0.2) is 10.9 Å². The molecule has 5 nitrogen and oxygen atoms in total. The summed E-state index contributed by atoms with van der Waals surface area (Å²) in [4.78, 5) is 27.5. The summed E-state index contributed by atoms with van der Waals surface area (Å²) in [5.41, 5.74) is 0.880. The maximum atomic E-state index is 12.2. The molecule has 3 aromatic rings. The zero-order chi connectivity index (χ0) is 14.3. The normalized spacial score (nSPS) is 10.9. The van der Waals surface area contributed by atoms with Gasteiger partial charge in [0.15, 0.2) is 0 Å². The van der Waals surface area contributed by atoms with E-state index in [1.165, 1.54) is 6.92 Å². The number of carbonyl (C=O) groups is 1. The number of hydrogen-bond acceptors (Lipinski definition) is 4. The SMILES string of the molecule is CC(=O)Nc1ncc(C)c2c1c(=O)oc1ccccc12. The van der Waals surface area contributed by atoms with Gasteiger partial charge in [-0.1, -0.05) is 18.2 Å². The number of aromatic nitrogens is 1. The molecule has 1 N–H and O–H groups in total. The van der Waals surface area contributed by atoms with Crippen LogP contribution in [0.3, 0.4) is 0 Å². The summed E-state index contributed by atoms with van der Waals surface area (Å²) in [6.07, 6.45) is 1.64. The van der Waals surface area contributed by atoms with Crippen molar-refractivity contribution >= 4 is 33.5 Å². The standard InChI is InChI=1S/C15H12N2O3/c1-8-7-16-14(17-9(2)18)13-12(8)10-5-3-4-6-11(10)20-15(13)19/h3-7H,1-2H3,(H,16,17,18). The number of amides is 1. The number of benzene rings is 1. The van der Waals surface area contributed by atoms with Crippen LogP contribution in [-0.2, 0) is 4.79 Å². The lowest BCUT2D eigenvalue weighted by atomic mass is 10.0. The summed E-state index contributed by atoms with van der Waals surface area (Å²) in [6, 6.07) is 7.31. The fourth-order valence-corrected chi connectivity index (χ4v) is 2.33. The summed E-state index contributed by atoms with van der Waals surface area (Å²) in [5, 5.41) is 4.46. The maximum absolute atomic E-state index is 12.2. The van der Waals surface area contributed by atoms with Crippen LogP contribution in [0.2, 0.25) is 0 Å². The zero-order valence-electron chi connectivity index (χ0n) is 11.1. The molecule has 0 saturated carbocycles. The van der Waals surface area contributed by atoms with Crippen molar-refractivity contribution in [3.05, 3.63) is 46.4 Å². The van der Waals surface area contributed by atoms with Crippen LogP contribution in [0.5, 0.6) is 0 Å². The molecule has 0 saturated heterocycles. The van der Waals surface area contributed by atoms with Gasteiger partial charge >= 0.3 is 5.63 Å². The average molecular weight is 268 g/mol. The van der Waals surface area contributed by atoms with Crippen LogP contribution in [0.15, 0.2) is 39.7 Å². The molecular formula is C15H12N2O3. The Kier molecular flexibility index (Phi) is 2.75. The molecule has 2 heterocycles. The number of hydrogen-bond donors (Lipinski definition) is 1. The first kappa shape index (κ1) is 12.3. The van der Waals surface area contributed by atoms with Gasteiger partial charge in [-0.25, -0.2) is 9.78 Å². The van der Waals surface area contributed by atoms with Gasteiger partial charge in [0.2, 0.25) is 5.91 Å². The fraction of sp³-hybridized carbons (Fsp3) is 0.133. The molecule has 0 aliphatic rings. The van der Waals surface area contributed by atoms with Crippen LogP contribution in [0.25, 0.3) is 21.7 Å². The lowest BCUT2D eigenvalue weighted by molar-refractivity contribution is -0.114. The van der Waals surface area contributed by atoms with Crippen molar-refractivity contribution in [3.63, 3.8) is 0 Å². The molecule has 5 heteroatoms. The first-order valence-corrected chi connectivity index (χ1v) is 6.16. The Morgan fingerprint density at radius 3 is 2.75 bits per heavy atom. The number of rotatable bonds is 1. The minimum Gasteiger partial charge on any atom is -0.422 e. The van der Waals surface area contributed by atoms with Crippen LogP contribution in [0, 0.1) is 6.92 Å². The minimum atomic E-state index is -0.501. The third-order valence-corrected chi connectivity index (χ3v) is 3.13. The van der Waals surface area contributed by atoms with E-state index in [4.69, 9.17) is 4.42 Å². The number of nitrogens with one attached hydrogen (secondary N) is 1. The highest BCUT2D eigenvalue weighted by Crippen LogP contribution is 2.28. The van der Waals surface area contributed by atoms with E-state index >= 15 is 0 Å². The van der Waals surface area contributed by atoms with Crippen molar-refractivity contribution in [2.45, 2.75) is 13.8 Å². The smallest absolute Gasteiger partial charge is 0.347 e. The van der Waals surface area contributed by atoms with Crippen molar-refractivity contribution in [2.75, 3.05) is 5.32 Å². The highest BCUT2D eigenvalue weighted by Gasteiger charge is 2.15. The van der Waals surface area contributed by atoms with Crippen LogP contribution in [0.1, 0.15) is 12.5 Å². The number of anilines is 1. The van der Waals surface area contributed by atoms with Gasteiger partial charge in [-0.15, -0.1) is 0 Å². The Labute approximate surface area is 114 Å². The van der Waals surface area contributed by atoms with Crippen molar-refractivity contribution < 1.29 is 9.21 Å². The van der Waals surface area contributed by atoms with E-state index in [1.54, 1.807) is 12.3 Å². The lowest BCUT2D eigenvalue weighted by Crippen LogP contribution is -2.12. The molecule has 0 spiro atoms. The van der Waals surface area contributed by atoms with Gasteiger partial charge < -0.3 is 9.73 Å². The largest absolute Gasteiger partial charge is 0.422 e. The monoisotopic (exact) mass is 268 g/mol. The van der Waals surface area contributed by atoms with Crippen LogP contribution >= 0.6 is 0 Å². The van der Waals surface area contributed by atoms with Crippen molar-refractivity contribution in [1.82, 2.24) is 4.98 Å². The van der Waals surface area contributed by atoms with E-state index < -0.39 is 5.63 Å². The van der Waals surface area contributed by atoms with Gasteiger partial charge in [-0.3, -0.25) is 4.79 Å². The number of pyridine rings is 1. The number of nitrogens with zero attached hydrogens (tertiary/aromatic N) is 1. The van der Waals surface area contributed by atoms with Crippen molar-refractivity contribution in [3.8, 4) is 0 Å². The molecule has 20 heavy (non-hydrogen) atoms. The second-order valence-corrected chi connectivity index (χ2v) is 4.61. The molecule has 0 aliphatic heterocycles. The predicted octanol–water partition coefficient (Wildman–Crippen LogP) is 2.61. The van der Waals surface area contributed by atoms with Gasteiger partial charge in [0.1, 0.15) is 16.8 Å². The van der Waals surface area contributed by atoms with E-state index in [0.29, 0.717) is 11.0 Å². The molecule has 0 unspecified atom stereocenters. The van der Waals surface area contributed by atoms with Gasteiger partial charge in [0.25, 0.3) is 0 Å². The lowest BCUT2D eigenvalue weighted by Gasteiger charge is -2.09. The van der Waals surface area contributed by atoms with Gasteiger partial charge in [0.05, 0.1) is 0 Å². The summed E-state index contributed by atoms with van der Waals surface area (Å²) >= 11 is 0. The van der Waals surface area contributed by atoms with E-state index in [2.05, 4.69) is 10.3 Å². The van der Waals surface area contributed by atoms with E-state index in [9.17, 15) is 9.59 Å². The minimum absolute atomic E-state index is 0.234. The average Bonchev–Trinajstić information content (AvgIpc) is 2.41. The Hall–Kier alpha value is -2.69. The molecular weight excluding hydrogens is 256 g/mol. The number of aryl methyl sites for hydroxylation is 1. The van der Waals surface area contributed by atoms with Gasteiger partial charge in [-0.05, 0) is 18.6 Å². The molecule has 2 aromatic heterocycles. The molecule has 1 amide bonds. The van der Waals surface area contributed by atoms with Crippen molar-refractivity contribution in [1.29, 1.82) is 0 Å². The molecule has 0 fully saturated rings. The number of para-hydroxylation sites is 1. The van der Waals surface area contributed by atoms with Crippen LogP contribution in [0.4, 0.5) is 5.82 Å². The quantitative estimate of drug-likeness (QED) is 0.544. The summed E-state index contributed by atoms with van der Waals surface area (Å²) in [7, 11) is 0. The predicted molar refractivity (Wildman–Crippen MR) is 76.8 cm³/mol. The molecule has 0 bridgehead atoms. The maximum Gasteiger partial charge on any atom is 0.347 e. The van der Waals surface area contributed by atoms with E-state index in [0.717, 1.165) is 16.3 Å². The second kappa shape index (κ2) is 4.45. The Bertz CT molecular complexity index is 897. The first-order valence-electron chi connectivity index (χ1n) is 6.16. The van der Waals surface area contributed by atoms with Crippen LogP contribution < -0.4 is 10.9 Å². The molecule has 1 aromatic carbocycles. The third-order valence-electron chi connectivity index (χ3n) is 3.13. The number of fused-ring (bicyclic) bond motifs is 3. The molecule has 0 radical (unpaired) electrons. The molecule has 0 aliphatic carbocycles. The third kappa shape index (κ3) is 1.84. The first-order chi connectivity index (χ1) is 9.58. The van der Waals surface area contributed by atoms with Gasteiger partial charge in [-0.2, -0.15) is 0 Å². The fourth-order valence-electron chi connectivity index (χ4n) is 2.33. The van der Waals surface area contributed by atoms with Gasteiger partial charge in [0, 0.05) is 23.9 Å². The Morgan fingerprint density at radius 2 is 2.00 bits per heavy atom.